The highest BCUT2D eigenvalue weighted by Crippen LogP contribution is 2.37. The maximum atomic E-state index is 14.3. The van der Waals surface area contributed by atoms with Crippen LogP contribution in [0, 0.1) is 27.3 Å². The number of ether oxygens (including phenoxy) is 2. The fraction of sp³-hybridized carbons (Fsp3) is 0.263. The first kappa shape index (κ1) is 22.0. The van der Waals surface area contributed by atoms with E-state index in [1.807, 2.05) is 0 Å². The standard InChI is InChI=1S/C19H13F4N3O5/c1-25(8-13-9-30-13)18(27)14-6-12(2-3-16(14)26(28)29)31-17-10(7-24)4-11(5-15(17)20)19(21,22)23/h2-6,13H,8-9H2,1H3. The zero-order valence-corrected chi connectivity index (χ0v) is 15.8. The van der Waals surface area contributed by atoms with Crippen molar-refractivity contribution in [2.75, 3.05) is 20.2 Å². The molecule has 1 unspecified atom stereocenters. The lowest BCUT2D eigenvalue weighted by atomic mass is 10.1. The molecule has 1 atom stereocenters. The smallest absolute Gasteiger partial charge is 0.416 e. The van der Waals surface area contributed by atoms with Crippen molar-refractivity contribution in [1.29, 1.82) is 5.26 Å². The molecule has 31 heavy (non-hydrogen) atoms. The van der Waals surface area contributed by atoms with Gasteiger partial charge >= 0.3 is 6.18 Å². The van der Waals surface area contributed by atoms with Crippen LogP contribution in [0.1, 0.15) is 21.5 Å². The van der Waals surface area contributed by atoms with E-state index in [1.165, 1.54) is 18.0 Å². The highest BCUT2D eigenvalue weighted by atomic mass is 19.4. The van der Waals surface area contributed by atoms with Gasteiger partial charge in [0, 0.05) is 25.7 Å². The van der Waals surface area contributed by atoms with E-state index in [-0.39, 0.29) is 30.0 Å². The van der Waals surface area contributed by atoms with Crippen LogP contribution in [0.3, 0.4) is 0 Å². The van der Waals surface area contributed by atoms with Crippen molar-refractivity contribution in [2.24, 2.45) is 0 Å². The largest absolute Gasteiger partial charge is 0.453 e. The number of nitro benzene ring substituents is 1. The average molecular weight is 439 g/mol. The summed E-state index contributed by atoms with van der Waals surface area (Å²) in [5, 5.41) is 20.4. The van der Waals surface area contributed by atoms with Crippen LogP contribution in [0.25, 0.3) is 0 Å². The molecule has 0 aromatic heterocycles. The Morgan fingerprint density at radius 1 is 1.39 bits per heavy atom. The Morgan fingerprint density at radius 2 is 2.06 bits per heavy atom. The first-order valence-electron chi connectivity index (χ1n) is 8.65. The fourth-order valence-corrected chi connectivity index (χ4v) is 2.74. The molecule has 0 radical (unpaired) electrons. The van der Waals surface area contributed by atoms with E-state index < -0.39 is 45.4 Å². The number of hydrogen-bond donors (Lipinski definition) is 0. The summed E-state index contributed by atoms with van der Waals surface area (Å²) in [5.74, 6) is -3.27. The second-order valence-corrected chi connectivity index (χ2v) is 6.62. The van der Waals surface area contributed by atoms with Crippen LogP contribution in [-0.4, -0.2) is 42.0 Å². The van der Waals surface area contributed by atoms with Crippen molar-refractivity contribution in [2.45, 2.75) is 12.3 Å². The van der Waals surface area contributed by atoms with Gasteiger partial charge in [0.15, 0.2) is 11.6 Å². The Kier molecular flexibility index (Phi) is 5.81. The minimum Gasteiger partial charge on any atom is -0.453 e. The lowest BCUT2D eigenvalue weighted by Crippen LogP contribution is -2.30. The molecule has 1 aliphatic heterocycles. The third-order valence-corrected chi connectivity index (χ3v) is 4.33. The summed E-state index contributed by atoms with van der Waals surface area (Å²) in [7, 11) is 1.41. The zero-order valence-electron chi connectivity index (χ0n) is 15.8. The molecule has 0 N–H and O–H groups in total. The van der Waals surface area contributed by atoms with Gasteiger partial charge in [-0.05, 0) is 18.2 Å². The number of rotatable bonds is 6. The third-order valence-electron chi connectivity index (χ3n) is 4.33. The maximum Gasteiger partial charge on any atom is 0.416 e. The van der Waals surface area contributed by atoms with Gasteiger partial charge in [0.2, 0.25) is 0 Å². The third kappa shape index (κ3) is 4.89. The van der Waals surface area contributed by atoms with Gasteiger partial charge in [0.25, 0.3) is 11.6 Å². The van der Waals surface area contributed by atoms with Crippen molar-refractivity contribution < 1.29 is 36.8 Å². The van der Waals surface area contributed by atoms with Gasteiger partial charge in [0.05, 0.1) is 28.8 Å². The van der Waals surface area contributed by atoms with Gasteiger partial charge in [0.1, 0.15) is 17.4 Å². The number of carbonyl (C=O) groups is 1. The topological polar surface area (TPSA) is 109 Å². The van der Waals surface area contributed by atoms with Crippen LogP contribution >= 0.6 is 0 Å². The molecule has 1 fully saturated rings. The molecular weight excluding hydrogens is 426 g/mol. The molecule has 2 aromatic rings. The molecule has 0 bridgehead atoms. The van der Waals surface area contributed by atoms with Gasteiger partial charge < -0.3 is 14.4 Å². The number of alkyl halides is 3. The quantitative estimate of drug-likeness (QED) is 0.292. The lowest BCUT2D eigenvalue weighted by Gasteiger charge is -2.17. The first-order chi connectivity index (χ1) is 14.5. The summed E-state index contributed by atoms with van der Waals surface area (Å²) >= 11 is 0. The monoisotopic (exact) mass is 439 g/mol. The molecular formula is C19H13F4N3O5. The number of benzene rings is 2. The highest BCUT2D eigenvalue weighted by Gasteiger charge is 2.33. The molecule has 0 aliphatic carbocycles. The summed E-state index contributed by atoms with van der Waals surface area (Å²) in [6.45, 7) is 0.639. The molecule has 3 rings (SSSR count). The van der Waals surface area contributed by atoms with Crippen molar-refractivity contribution in [3.05, 3.63) is 63.0 Å². The molecule has 0 spiro atoms. The summed E-state index contributed by atoms with van der Waals surface area (Å²) in [6.07, 6.45) is -5.06. The number of carbonyl (C=O) groups excluding carboxylic acids is 1. The van der Waals surface area contributed by atoms with Crippen LogP contribution < -0.4 is 4.74 Å². The molecule has 12 heteroatoms. The Labute approximate surface area is 172 Å². The Balaban J connectivity index is 1.98. The van der Waals surface area contributed by atoms with Gasteiger partial charge in [-0.2, -0.15) is 18.4 Å². The first-order valence-corrected chi connectivity index (χ1v) is 8.65. The summed E-state index contributed by atoms with van der Waals surface area (Å²) < 4.78 is 63.0. The van der Waals surface area contributed by atoms with Gasteiger partial charge in [-0.1, -0.05) is 0 Å². The number of nitrogens with zero attached hydrogens (tertiary/aromatic N) is 3. The Bertz CT molecular complexity index is 1090. The van der Waals surface area contributed by atoms with E-state index in [1.54, 1.807) is 0 Å². The number of hydrogen-bond acceptors (Lipinski definition) is 6. The maximum absolute atomic E-state index is 14.3. The molecule has 1 amide bonds. The normalized spacial score (nSPS) is 15.2. The molecule has 8 nitrogen and oxygen atoms in total. The predicted octanol–water partition coefficient (Wildman–Crippen LogP) is 3.89. The van der Waals surface area contributed by atoms with E-state index in [9.17, 15) is 32.5 Å². The second kappa shape index (κ2) is 8.19. The summed E-state index contributed by atoms with van der Waals surface area (Å²) in [5.41, 5.74) is -3.04. The summed E-state index contributed by atoms with van der Waals surface area (Å²) in [6, 6.07) is 4.94. The average Bonchev–Trinajstić information content (AvgIpc) is 3.51. The fourth-order valence-electron chi connectivity index (χ4n) is 2.74. The number of nitro groups is 1. The molecule has 1 heterocycles. The van der Waals surface area contributed by atoms with E-state index in [0.717, 1.165) is 18.2 Å². The SMILES string of the molecule is CN(CC1CO1)C(=O)c1cc(Oc2c(F)cc(C(F)(F)F)cc2C#N)ccc1[N+](=O)[O-]. The number of halogens is 4. The van der Waals surface area contributed by atoms with Crippen LogP contribution in [0.2, 0.25) is 0 Å². The van der Waals surface area contributed by atoms with Crippen LogP contribution in [0.15, 0.2) is 30.3 Å². The van der Waals surface area contributed by atoms with E-state index in [4.69, 9.17) is 14.7 Å². The lowest BCUT2D eigenvalue weighted by molar-refractivity contribution is -0.385. The van der Waals surface area contributed by atoms with E-state index in [2.05, 4.69) is 0 Å². The Morgan fingerprint density at radius 3 is 2.61 bits per heavy atom. The predicted molar refractivity (Wildman–Crippen MR) is 96.0 cm³/mol. The Hall–Kier alpha value is -3.72. The van der Waals surface area contributed by atoms with Gasteiger partial charge in [-0.15, -0.1) is 0 Å². The molecule has 162 valence electrons. The van der Waals surface area contributed by atoms with Crippen LogP contribution in [0.4, 0.5) is 23.2 Å². The highest BCUT2D eigenvalue weighted by molar-refractivity contribution is 5.98. The molecule has 1 saturated heterocycles. The van der Waals surface area contributed by atoms with Crippen molar-refractivity contribution in [3.63, 3.8) is 0 Å². The zero-order chi connectivity index (χ0) is 22.9. The number of likely N-dealkylation sites (N-methyl/N-ethyl adjacent to an activating group) is 1. The molecule has 2 aromatic carbocycles. The minimum absolute atomic E-state index is 0.164. The van der Waals surface area contributed by atoms with Crippen molar-refractivity contribution in [3.8, 4) is 17.6 Å². The number of nitriles is 1. The van der Waals surface area contributed by atoms with Gasteiger partial charge in [-0.25, -0.2) is 4.39 Å². The summed E-state index contributed by atoms with van der Waals surface area (Å²) in [4.78, 5) is 24.3. The van der Waals surface area contributed by atoms with Gasteiger partial charge in [-0.3, -0.25) is 14.9 Å². The number of amides is 1. The molecule has 0 saturated carbocycles. The number of epoxide rings is 1. The van der Waals surface area contributed by atoms with Crippen LogP contribution in [0.5, 0.6) is 11.5 Å². The van der Waals surface area contributed by atoms with Crippen molar-refractivity contribution >= 4 is 11.6 Å². The van der Waals surface area contributed by atoms with E-state index in [0.29, 0.717) is 12.7 Å². The van der Waals surface area contributed by atoms with E-state index >= 15 is 0 Å². The van der Waals surface area contributed by atoms with Crippen LogP contribution in [-0.2, 0) is 10.9 Å². The second-order valence-electron chi connectivity index (χ2n) is 6.62. The van der Waals surface area contributed by atoms with Crippen molar-refractivity contribution in [1.82, 2.24) is 4.90 Å². The minimum atomic E-state index is -4.88. The molecule has 1 aliphatic rings.